The van der Waals surface area contributed by atoms with Crippen molar-refractivity contribution in [2.24, 2.45) is 0 Å². The number of fused-ring (bicyclic) bond motifs is 2. The van der Waals surface area contributed by atoms with E-state index in [0.717, 1.165) is 22.6 Å². The van der Waals surface area contributed by atoms with Gasteiger partial charge in [-0.2, -0.15) is 0 Å². The van der Waals surface area contributed by atoms with Gasteiger partial charge >= 0.3 is 0 Å². The fourth-order valence-electron chi connectivity index (χ4n) is 3.46. The Kier molecular flexibility index (Phi) is 4.38. The molecule has 1 unspecified atom stereocenters. The predicted octanol–water partition coefficient (Wildman–Crippen LogP) is 2.58. The smallest absolute Gasteiger partial charge is 0.255 e. The number of hydrogen-bond donors (Lipinski definition) is 0. The van der Waals surface area contributed by atoms with Crippen LogP contribution in [0, 0.1) is 0 Å². The molecule has 0 bridgehead atoms. The first-order chi connectivity index (χ1) is 12.7. The number of amides is 1. The van der Waals surface area contributed by atoms with E-state index in [4.69, 9.17) is 4.74 Å². The number of benzene rings is 1. The summed E-state index contributed by atoms with van der Waals surface area (Å²) in [6.07, 6.45) is 1.69. The zero-order valence-electron chi connectivity index (χ0n) is 14.9. The molecule has 0 saturated carbocycles. The van der Waals surface area contributed by atoms with E-state index < -0.39 is 0 Å². The van der Waals surface area contributed by atoms with E-state index in [9.17, 15) is 4.79 Å². The zero-order valence-corrected chi connectivity index (χ0v) is 14.9. The summed E-state index contributed by atoms with van der Waals surface area (Å²) in [5, 5.41) is 9.42. The van der Waals surface area contributed by atoms with E-state index >= 15 is 0 Å². The monoisotopic (exact) mass is 351 g/mol. The average Bonchev–Trinajstić information content (AvgIpc) is 3.09. The number of para-hydroxylation sites is 1. The van der Waals surface area contributed by atoms with E-state index in [1.165, 1.54) is 0 Å². The molecule has 1 aliphatic heterocycles. The van der Waals surface area contributed by atoms with Crippen LogP contribution in [0.5, 0.6) is 0 Å². The summed E-state index contributed by atoms with van der Waals surface area (Å²) in [5.41, 5.74) is 1.50. The van der Waals surface area contributed by atoms with Gasteiger partial charge in [-0.3, -0.25) is 9.78 Å². The first-order valence-electron chi connectivity index (χ1n) is 8.85. The van der Waals surface area contributed by atoms with Gasteiger partial charge < -0.3 is 14.2 Å². The van der Waals surface area contributed by atoms with E-state index in [1.807, 2.05) is 43.0 Å². The number of hydrogen-bond acceptors (Lipinski definition) is 5. The lowest BCUT2D eigenvalue weighted by Gasteiger charge is -2.34. The molecule has 0 radical (unpaired) electrons. The van der Waals surface area contributed by atoms with E-state index in [-0.39, 0.29) is 11.9 Å². The van der Waals surface area contributed by atoms with Crippen LogP contribution in [0.25, 0.3) is 10.9 Å². The number of pyridine rings is 1. The molecule has 4 rings (SSSR count). The summed E-state index contributed by atoms with van der Waals surface area (Å²) in [5.74, 6) is 1.62. The Morgan fingerprint density at radius 3 is 2.92 bits per heavy atom. The molecule has 7 heteroatoms. The molecule has 0 saturated heterocycles. The van der Waals surface area contributed by atoms with Crippen LogP contribution in [0.4, 0.5) is 0 Å². The highest BCUT2D eigenvalue weighted by molar-refractivity contribution is 6.06. The standard InChI is InChI=1S/C19H21N5O2/c1-3-26-12-17-21-22-18-13(2)23(10-11-24(17)18)19(25)15-8-9-20-16-7-5-4-6-14(15)16/h4-9,13H,3,10-12H2,1-2H3. The molecule has 1 aliphatic rings. The first kappa shape index (κ1) is 16.7. The second-order valence-electron chi connectivity index (χ2n) is 6.31. The van der Waals surface area contributed by atoms with Gasteiger partial charge in [-0.25, -0.2) is 0 Å². The van der Waals surface area contributed by atoms with Crippen molar-refractivity contribution in [3.8, 4) is 0 Å². The van der Waals surface area contributed by atoms with Crippen LogP contribution in [-0.4, -0.2) is 43.7 Å². The second kappa shape index (κ2) is 6.84. The maximum absolute atomic E-state index is 13.2. The van der Waals surface area contributed by atoms with Gasteiger partial charge in [0.1, 0.15) is 6.61 Å². The molecule has 3 aromatic rings. The van der Waals surface area contributed by atoms with Gasteiger partial charge in [0.2, 0.25) is 0 Å². The molecular formula is C19H21N5O2. The van der Waals surface area contributed by atoms with Gasteiger partial charge in [0.25, 0.3) is 5.91 Å². The lowest BCUT2D eigenvalue weighted by atomic mass is 10.1. The summed E-state index contributed by atoms with van der Waals surface area (Å²) in [6, 6.07) is 9.35. The highest BCUT2D eigenvalue weighted by Crippen LogP contribution is 2.28. The maximum Gasteiger partial charge on any atom is 0.255 e. The van der Waals surface area contributed by atoms with Crippen molar-refractivity contribution in [2.75, 3.05) is 13.2 Å². The summed E-state index contributed by atoms with van der Waals surface area (Å²) in [6.45, 7) is 6.31. The quantitative estimate of drug-likeness (QED) is 0.722. The number of carbonyl (C=O) groups is 1. The average molecular weight is 351 g/mol. The summed E-state index contributed by atoms with van der Waals surface area (Å²) < 4.78 is 7.52. The Morgan fingerprint density at radius 1 is 1.23 bits per heavy atom. The lowest BCUT2D eigenvalue weighted by Crippen LogP contribution is -2.41. The highest BCUT2D eigenvalue weighted by Gasteiger charge is 2.32. The Balaban J connectivity index is 1.65. The number of rotatable bonds is 4. The molecular weight excluding hydrogens is 330 g/mol. The van der Waals surface area contributed by atoms with Crippen molar-refractivity contribution in [2.45, 2.75) is 33.0 Å². The normalized spacial score (nSPS) is 16.7. The minimum absolute atomic E-state index is 0.00305. The van der Waals surface area contributed by atoms with Crippen LogP contribution in [0.3, 0.4) is 0 Å². The fourth-order valence-corrected chi connectivity index (χ4v) is 3.46. The minimum Gasteiger partial charge on any atom is -0.374 e. The molecule has 3 heterocycles. The molecule has 134 valence electrons. The third-order valence-corrected chi connectivity index (χ3v) is 4.84. The SMILES string of the molecule is CCOCc1nnc2n1CCN(C(=O)c1ccnc3ccccc13)C2C. The highest BCUT2D eigenvalue weighted by atomic mass is 16.5. The Hall–Kier alpha value is -2.80. The van der Waals surface area contributed by atoms with E-state index in [1.54, 1.807) is 12.3 Å². The van der Waals surface area contributed by atoms with Gasteiger partial charge in [0.05, 0.1) is 17.1 Å². The van der Waals surface area contributed by atoms with Crippen LogP contribution in [-0.2, 0) is 17.9 Å². The van der Waals surface area contributed by atoms with Crippen molar-refractivity contribution in [3.63, 3.8) is 0 Å². The molecule has 0 aliphatic carbocycles. The van der Waals surface area contributed by atoms with E-state index in [2.05, 4.69) is 19.7 Å². The minimum atomic E-state index is -0.147. The molecule has 26 heavy (non-hydrogen) atoms. The third kappa shape index (κ3) is 2.74. The number of nitrogens with zero attached hydrogens (tertiary/aromatic N) is 5. The summed E-state index contributed by atoms with van der Waals surface area (Å²) in [7, 11) is 0. The first-order valence-corrected chi connectivity index (χ1v) is 8.85. The van der Waals surface area contributed by atoms with Crippen LogP contribution in [0.1, 0.15) is 41.9 Å². The van der Waals surface area contributed by atoms with Crippen LogP contribution in [0.15, 0.2) is 36.5 Å². The summed E-state index contributed by atoms with van der Waals surface area (Å²) >= 11 is 0. The maximum atomic E-state index is 13.2. The Morgan fingerprint density at radius 2 is 2.08 bits per heavy atom. The molecule has 1 atom stereocenters. The lowest BCUT2D eigenvalue weighted by molar-refractivity contribution is 0.0632. The van der Waals surface area contributed by atoms with Gasteiger partial charge in [0.15, 0.2) is 11.6 Å². The topological polar surface area (TPSA) is 73.1 Å². The molecule has 0 spiro atoms. The van der Waals surface area contributed by atoms with Crippen LogP contribution >= 0.6 is 0 Å². The van der Waals surface area contributed by atoms with Crippen LogP contribution < -0.4 is 0 Å². The third-order valence-electron chi connectivity index (χ3n) is 4.84. The fraction of sp³-hybridized carbons (Fsp3) is 0.368. The predicted molar refractivity (Wildman–Crippen MR) is 96.5 cm³/mol. The Labute approximate surface area is 151 Å². The molecule has 1 amide bonds. The second-order valence-corrected chi connectivity index (χ2v) is 6.31. The van der Waals surface area contributed by atoms with Crippen molar-refractivity contribution in [3.05, 3.63) is 53.7 Å². The van der Waals surface area contributed by atoms with Gasteiger partial charge in [0, 0.05) is 31.3 Å². The van der Waals surface area contributed by atoms with Crippen molar-refractivity contribution in [1.82, 2.24) is 24.6 Å². The van der Waals surface area contributed by atoms with Gasteiger partial charge in [-0.15, -0.1) is 10.2 Å². The molecule has 1 aromatic carbocycles. The molecule has 7 nitrogen and oxygen atoms in total. The van der Waals surface area contributed by atoms with Crippen molar-refractivity contribution >= 4 is 16.8 Å². The van der Waals surface area contributed by atoms with Crippen molar-refractivity contribution in [1.29, 1.82) is 0 Å². The summed E-state index contributed by atoms with van der Waals surface area (Å²) in [4.78, 5) is 19.4. The number of carbonyl (C=O) groups excluding carboxylic acids is 1. The Bertz CT molecular complexity index is 947. The number of aromatic nitrogens is 4. The number of ether oxygens (including phenoxy) is 1. The van der Waals surface area contributed by atoms with Gasteiger partial charge in [-0.1, -0.05) is 18.2 Å². The van der Waals surface area contributed by atoms with Crippen molar-refractivity contribution < 1.29 is 9.53 Å². The van der Waals surface area contributed by atoms with E-state index in [0.29, 0.717) is 31.9 Å². The largest absolute Gasteiger partial charge is 0.374 e. The molecule has 2 aromatic heterocycles. The molecule has 0 N–H and O–H groups in total. The van der Waals surface area contributed by atoms with Gasteiger partial charge in [-0.05, 0) is 26.0 Å². The molecule has 0 fully saturated rings. The zero-order chi connectivity index (χ0) is 18.1. The van der Waals surface area contributed by atoms with Crippen LogP contribution in [0.2, 0.25) is 0 Å².